The van der Waals surface area contributed by atoms with Crippen LogP contribution in [0.15, 0.2) is 113 Å². The second kappa shape index (κ2) is 12.9. The minimum Gasteiger partial charge on any atom is -0.490 e. The van der Waals surface area contributed by atoms with E-state index in [1.807, 2.05) is 123 Å². The molecule has 0 aromatic heterocycles. The van der Waals surface area contributed by atoms with Gasteiger partial charge in [-0.1, -0.05) is 84.4 Å². The summed E-state index contributed by atoms with van der Waals surface area (Å²) in [5.41, 5.74) is 3.56. The molecule has 202 valence electrons. The molecule has 4 aromatic rings. The van der Waals surface area contributed by atoms with Crippen LogP contribution in [0.5, 0.6) is 11.5 Å². The van der Waals surface area contributed by atoms with Crippen molar-refractivity contribution in [3.05, 3.63) is 130 Å². The average Bonchev–Trinajstić information content (AvgIpc) is 3.27. The Kier molecular flexibility index (Phi) is 8.89. The van der Waals surface area contributed by atoms with Crippen molar-refractivity contribution in [2.45, 2.75) is 26.5 Å². The van der Waals surface area contributed by atoms with Crippen molar-refractivity contribution in [3.63, 3.8) is 0 Å². The van der Waals surface area contributed by atoms with E-state index in [1.165, 1.54) is 11.8 Å². The average molecular weight is 569 g/mol. The Morgan fingerprint density at radius 1 is 0.900 bits per heavy atom. The van der Waals surface area contributed by atoms with Crippen LogP contribution in [0.4, 0.5) is 5.69 Å². The predicted octanol–water partition coefficient (Wildman–Crippen LogP) is 8.68. The molecule has 0 radical (unpaired) electrons. The molecule has 0 saturated carbocycles. The van der Waals surface area contributed by atoms with Crippen molar-refractivity contribution in [1.82, 2.24) is 4.90 Å². The molecular weight excluding hydrogens is 540 g/mol. The van der Waals surface area contributed by atoms with Gasteiger partial charge in [-0.3, -0.25) is 9.69 Å². The predicted molar refractivity (Wildman–Crippen MR) is 164 cm³/mol. The first-order chi connectivity index (χ1) is 19.5. The monoisotopic (exact) mass is 568 g/mol. The fourth-order valence-electron chi connectivity index (χ4n) is 4.32. The molecule has 0 N–H and O–H groups in total. The number of aliphatic imine (C=N–C) groups is 1. The summed E-state index contributed by atoms with van der Waals surface area (Å²) >= 11 is 7.67. The summed E-state index contributed by atoms with van der Waals surface area (Å²) in [6.07, 6.45) is 1.88. The molecule has 1 amide bonds. The highest BCUT2D eigenvalue weighted by molar-refractivity contribution is 8.18. The second-order valence-electron chi connectivity index (χ2n) is 9.12. The Balaban J connectivity index is 1.45. The summed E-state index contributed by atoms with van der Waals surface area (Å²) in [7, 11) is 0. The fourth-order valence-corrected chi connectivity index (χ4v) is 5.58. The highest BCUT2D eigenvalue weighted by Gasteiger charge is 2.37. The highest BCUT2D eigenvalue weighted by Crippen LogP contribution is 2.40. The molecule has 0 aliphatic carbocycles. The zero-order chi connectivity index (χ0) is 27.9. The lowest BCUT2D eigenvalue weighted by atomic mass is 10.1. The molecule has 40 heavy (non-hydrogen) atoms. The van der Waals surface area contributed by atoms with Gasteiger partial charge in [-0.25, -0.2) is 4.99 Å². The second-order valence-corrected chi connectivity index (χ2v) is 10.5. The highest BCUT2D eigenvalue weighted by atomic mass is 35.5. The maximum atomic E-state index is 13.8. The van der Waals surface area contributed by atoms with Crippen molar-refractivity contribution in [1.29, 1.82) is 0 Å². The van der Waals surface area contributed by atoms with Crippen LogP contribution in [-0.4, -0.2) is 22.6 Å². The van der Waals surface area contributed by atoms with Crippen LogP contribution in [0, 0.1) is 0 Å². The lowest BCUT2D eigenvalue weighted by Crippen LogP contribution is -2.32. The minimum atomic E-state index is -0.186. The van der Waals surface area contributed by atoms with Gasteiger partial charge in [0.05, 0.1) is 23.2 Å². The number of carbonyl (C=O) groups excluding carboxylic acids is 1. The van der Waals surface area contributed by atoms with E-state index in [-0.39, 0.29) is 11.9 Å². The van der Waals surface area contributed by atoms with E-state index < -0.39 is 0 Å². The minimum absolute atomic E-state index is 0.0898. The largest absolute Gasteiger partial charge is 0.490 e. The number of hydrogen-bond donors (Lipinski definition) is 0. The molecule has 1 aliphatic rings. The number of nitrogens with zero attached hydrogens (tertiary/aromatic N) is 2. The molecule has 0 bridgehead atoms. The molecule has 0 unspecified atom stereocenters. The Morgan fingerprint density at radius 2 is 1.60 bits per heavy atom. The van der Waals surface area contributed by atoms with Gasteiger partial charge in [-0.05, 0) is 73.1 Å². The van der Waals surface area contributed by atoms with Crippen molar-refractivity contribution in [2.75, 3.05) is 6.61 Å². The number of carbonyl (C=O) groups is 1. The third-order valence-corrected chi connectivity index (χ3v) is 7.75. The van der Waals surface area contributed by atoms with Gasteiger partial charge in [0, 0.05) is 10.6 Å². The first-order valence-corrected chi connectivity index (χ1v) is 14.3. The number of ether oxygens (including phenoxy) is 2. The van der Waals surface area contributed by atoms with E-state index >= 15 is 0 Å². The van der Waals surface area contributed by atoms with Crippen LogP contribution in [0.2, 0.25) is 5.02 Å². The molecule has 1 heterocycles. The van der Waals surface area contributed by atoms with E-state index in [9.17, 15) is 4.79 Å². The van der Waals surface area contributed by atoms with Gasteiger partial charge in [0.2, 0.25) is 0 Å². The maximum Gasteiger partial charge on any atom is 0.267 e. The summed E-state index contributed by atoms with van der Waals surface area (Å²) < 4.78 is 11.9. The summed E-state index contributed by atoms with van der Waals surface area (Å²) in [4.78, 5) is 21.0. The quantitative estimate of drug-likeness (QED) is 0.189. The molecule has 1 aliphatic heterocycles. The van der Waals surface area contributed by atoms with E-state index in [2.05, 4.69) is 0 Å². The molecule has 5 nitrogen and oxygen atoms in total. The van der Waals surface area contributed by atoms with Crippen LogP contribution in [0.25, 0.3) is 6.08 Å². The van der Waals surface area contributed by atoms with Crippen LogP contribution in [0.3, 0.4) is 0 Å². The van der Waals surface area contributed by atoms with E-state index in [4.69, 9.17) is 26.1 Å². The molecule has 7 heteroatoms. The Bertz CT molecular complexity index is 1540. The van der Waals surface area contributed by atoms with E-state index in [1.54, 1.807) is 4.90 Å². The lowest BCUT2D eigenvalue weighted by molar-refractivity contribution is -0.123. The first-order valence-electron chi connectivity index (χ1n) is 13.1. The molecule has 1 fully saturated rings. The summed E-state index contributed by atoms with van der Waals surface area (Å²) in [5, 5.41) is 1.30. The van der Waals surface area contributed by atoms with Crippen molar-refractivity contribution < 1.29 is 14.3 Å². The summed E-state index contributed by atoms with van der Waals surface area (Å²) in [6.45, 7) is 4.75. The number of amidine groups is 1. The zero-order valence-corrected chi connectivity index (χ0v) is 23.9. The van der Waals surface area contributed by atoms with Gasteiger partial charge in [0.25, 0.3) is 5.91 Å². The summed E-state index contributed by atoms with van der Waals surface area (Å²) in [6, 6.07) is 32.8. The first kappa shape index (κ1) is 27.6. The third kappa shape index (κ3) is 6.41. The number of benzene rings is 4. The van der Waals surface area contributed by atoms with E-state index in [0.29, 0.717) is 39.8 Å². The van der Waals surface area contributed by atoms with Crippen LogP contribution in [0.1, 0.15) is 36.6 Å². The molecule has 1 atom stereocenters. The SMILES string of the molecule is CCOc1cc(/C=C2/SC(=Nc3ccccc3)N([C@H](C)c3ccccc3)C2=O)ccc1OCc1ccccc1Cl. The molecule has 4 aromatic carbocycles. The van der Waals surface area contributed by atoms with Crippen LogP contribution >= 0.6 is 23.4 Å². The van der Waals surface area contributed by atoms with Gasteiger partial charge in [-0.2, -0.15) is 0 Å². The van der Waals surface area contributed by atoms with Gasteiger partial charge < -0.3 is 9.47 Å². The number of para-hydroxylation sites is 1. The standard InChI is InChI=1S/C33H29ClN2O3S/c1-3-38-30-20-24(18-19-29(30)39-22-26-14-10-11-17-28(26)34)21-31-32(37)36(23(2)25-12-6-4-7-13-25)33(40-31)35-27-15-8-5-9-16-27/h4-21,23H,3,22H2,1-2H3/b31-21+,35-33?/t23-/m1/s1. The molecule has 0 spiro atoms. The smallest absolute Gasteiger partial charge is 0.267 e. The zero-order valence-electron chi connectivity index (χ0n) is 22.3. The van der Waals surface area contributed by atoms with Gasteiger partial charge in [-0.15, -0.1) is 0 Å². The topological polar surface area (TPSA) is 51.1 Å². The van der Waals surface area contributed by atoms with Crippen molar-refractivity contribution in [2.24, 2.45) is 4.99 Å². The Hall–Kier alpha value is -4.00. The van der Waals surface area contributed by atoms with Crippen molar-refractivity contribution >= 4 is 46.2 Å². The number of thioether (sulfide) groups is 1. The number of halogens is 1. The Labute approximate surface area is 244 Å². The van der Waals surface area contributed by atoms with Gasteiger partial charge in [0.15, 0.2) is 16.7 Å². The van der Waals surface area contributed by atoms with Crippen molar-refractivity contribution in [3.8, 4) is 11.5 Å². The molecule has 5 rings (SSSR count). The number of amides is 1. The molecular formula is C33H29ClN2O3S. The third-order valence-electron chi connectivity index (χ3n) is 6.39. The number of rotatable bonds is 9. The van der Waals surface area contributed by atoms with Crippen LogP contribution < -0.4 is 9.47 Å². The normalized spacial score (nSPS) is 16.0. The Morgan fingerprint density at radius 3 is 2.33 bits per heavy atom. The maximum absolute atomic E-state index is 13.8. The summed E-state index contributed by atoms with van der Waals surface area (Å²) in [5.74, 6) is 1.13. The van der Waals surface area contributed by atoms with Gasteiger partial charge in [0.1, 0.15) is 6.61 Å². The van der Waals surface area contributed by atoms with E-state index in [0.717, 1.165) is 22.4 Å². The fraction of sp³-hybridized carbons (Fsp3) is 0.152. The van der Waals surface area contributed by atoms with Crippen LogP contribution in [-0.2, 0) is 11.4 Å². The number of hydrogen-bond acceptors (Lipinski definition) is 5. The molecule has 1 saturated heterocycles. The van der Waals surface area contributed by atoms with Gasteiger partial charge >= 0.3 is 0 Å². The lowest BCUT2D eigenvalue weighted by Gasteiger charge is -2.24.